The fourth-order valence-corrected chi connectivity index (χ4v) is 3.96. The van der Waals surface area contributed by atoms with Gasteiger partial charge in [-0.15, -0.1) is 0 Å². The van der Waals surface area contributed by atoms with E-state index in [4.69, 9.17) is 4.74 Å². The lowest BCUT2D eigenvalue weighted by Crippen LogP contribution is -2.25. The van der Waals surface area contributed by atoms with Gasteiger partial charge in [0.2, 0.25) is 5.88 Å². The second-order valence-electron chi connectivity index (χ2n) is 7.86. The maximum Gasteiger partial charge on any atom is 0.328 e. The van der Waals surface area contributed by atoms with Crippen LogP contribution >= 0.6 is 0 Å². The number of ether oxygens (including phenoxy) is 1. The van der Waals surface area contributed by atoms with Crippen LogP contribution < -0.4 is 4.74 Å². The van der Waals surface area contributed by atoms with Crippen molar-refractivity contribution in [3.8, 4) is 11.6 Å². The highest BCUT2D eigenvalue weighted by molar-refractivity contribution is 6.11. The average molecular weight is 432 g/mol. The predicted octanol–water partition coefficient (Wildman–Crippen LogP) is 3.95. The maximum atomic E-state index is 12.0. The monoisotopic (exact) mass is 432 g/mol. The van der Waals surface area contributed by atoms with Gasteiger partial charge in [-0.1, -0.05) is 6.92 Å². The summed E-state index contributed by atoms with van der Waals surface area (Å²) < 4.78 is 5.93. The standard InChI is InChI=1S/C24H24N4O4/c1-3-18-20(6-7-22(18)29)28-21(24(30)31)11-16-4-5-17(12-26-16)32-23-19-13-25-9-8-15(19)10-14(2)27-23/h4-5,8-10,12-13,18,21H,3,6-7,11H2,1-2H3,(H,30,31). The van der Waals surface area contributed by atoms with Crippen LogP contribution in [0.3, 0.4) is 0 Å². The lowest BCUT2D eigenvalue weighted by Gasteiger charge is -2.12. The molecule has 2 unspecified atom stereocenters. The zero-order valence-corrected chi connectivity index (χ0v) is 18.0. The molecular formula is C24H24N4O4. The van der Waals surface area contributed by atoms with Crippen LogP contribution in [0.15, 0.2) is 47.8 Å². The van der Waals surface area contributed by atoms with Gasteiger partial charge in [0.15, 0.2) is 6.04 Å². The number of aliphatic carboxylic acids is 1. The van der Waals surface area contributed by atoms with Crippen LogP contribution in [0.2, 0.25) is 0 Å². The molecule has 0 saturated heterocycles. The predicted molar refractivity (Wildman–Crippen MR) is 119 cm³/mol. The molecule has 0 aliphatic heterocycles. The highest BCUT2D eigenvalue weighted by atomic mass is 16.5. The minimum absolute atomic E-state index is 0.138. The summed E-state index contributed by atoms with van der Waals surface area (Å²) in [5.74, 6) is -0.220. The molecule has 1 N–H and O–H groups in total. The number of rotatable bonds is 7. The number of hydrogen-bond donors (Lipinski definition) is 1. The first-order chi connectivity index (χ1) is 15.4. The van der Waals surface area contributed by atoms with Crippen molar-refractivity contribution in [1.82, 2.24) is 15.0 Å². The van der Waals surface area contributed by atoms with Gasteiger partial charge in [-0.2, -0.15) is 0 Å². The van der Waals surface area contributed by atoms with E-state index in [9.17, 15) is 14.7 Å². The Kier molecular flexibility index (Phi) is 6.20. The average Bonchev–Trinajstić information content (AvgIpc) is 3.13. The molecule has 1 saturated carbocycles. The summed E-state index contributed by atoms with van der Waals surface area (Å²) in [5, 5.41) is 11.4. The Hall–Kier alpha value is -3.68. The Balaban J connectivity index is 1.51. The molecular weight excluding hydrogens is 408 g/mol. The van der Waals surface area contributed by atoms with Gasteiger partial charge in [0.25, 0.3) is 0 Å². The third-order valence-corrected chi connectivity index (χ3v) is 5.58. The van der Waals surface area contributed by atoms with Gasteiger partial charge < -0.3 is 9.84 Å². The second kappa shape index (κ2) is 9.21. The van der Waals surface area contributed by atoms with Crippen molar-refractivity contribution >= 4 is 28.2 Å². The first-order valence-corrected chi connectivity index (χ1v) is 10.6. The molecule has 8 nitrogen and oxygen atoms in total. The molecule has 0 aromatic carbocycles. The van der Waals surface area contributed by atoms with Crippen LogP contribution in [-0.4, -0.2) is 43.6 Å². The summed E-state index contributed by atoms with van der Waals surface area (Å²) in [6.07, 6.45) is 6.71. The Morgan fingerprint density at radius 1 is 1.28 bits per heavy atom. The number of fused-ring (bicyclic) bond motifs is 1. The number of hydrogen-bond acceptors (Lipinski definition) is 7. The van der Waals surface area contributed by atoms with Gasteiger partial charge in [-0.3, -0.25) is 19.8 Å². The Morgan fingerprint density at radius 2 is 2.12 bits per heavy atom. The van der Waals surface area contributed by atoms with Crippen molar-refractivity contribution in [3.63, 3.8) is 0 Å². The zero-order valence-electron chi connectivity index (χ0n) is 18.0. The van der Waals surface area contributed by atoms with Gasteiger partial charge in [-0.25, -0.2) is 9.78 Å². The smallest absolute Gasteiger partial charge is 0.328 e. The molecule has 4 rings (SSSR count). The first kappa shape index (κ1) is 21.5. The van der Waals surface area contributed by atoms with Crippen molar-refractivity contribution in [1.29, 1.82) is 0 Å². The molecule has 0 spiro atoms. The Morgan fingerprint density at radius 3 is 2.84 bits per heavy atom. The van der Waals surface area contributed by atoms with E-state index in [2.05, 4.69) is 19.9 Å². The molecule has 0 amide bonds. The number of carbonyl (C=O) groups is 2. The molecule has 1 aliphatic rings. The summed E-state index contributed by atoms with van der Waals surface area (Å²) >= 11 is 0. The number of aryl methyl sites for hydroxylation is 1. The van der Waals surface area contributed by atoms with Crippen LogP contribution in [0.5, 0.6) is 11.6 Å². The van der Waals surface area contributed by atoms with Crippen LogP contribution in [-0.2, 0) is 16.0 Å². The van der Waals surface area contributed by atoms with E-state index in [0.29, 0.717) is 42.3 Å². The van der Waals surface area contributed by atoms with Crippen LogP contribution in [0.1, 0.15) is 37.6 Å². The van der Waals surface area contributed by atoms with Gasteiger partial charge in [0, 0.05) is 42.3 Å². The molecule has 0 bridgehead atoms. The van der Waals surface area contributed by atoms with Gasteiger partial charge in [0.1, 0.15) is 11.5 Å². The van der Waals surface area contributed by atoms with Gasteiger partial charge in [0.05, 0.1) is 17.5 Å². The van der Waals surface area contributed by atoms with Crippen LogP contribution in [0.4, 0.5) is 0 Å². The van der Waals surface area contributed by atoms with Crippen molar-refractivity contribution in [2.75, 3.05) is 0 Å². The van der Waals surface area contributed by atoms with Gasteiger partial charge in [-0.05, 0) is 49.4 Å². The first-order valence-electron chi connectivity index (χ1n) is 10.6. The number of aliphatic imine (C=N–C) groups is 1. The molecule has 164 valence electrons. The topological polar surface area (TPSA) is 115 Å². The molecule has 8 heteroatoms. The Labute approximate surface area is 185 Å². The summed E-state index contributed by atoms with van der Waals surface area (Å²) in [6, 6.07) is 6.33. The number of carboxylic acid groups (broad SMARTS) is 1. The third kappa shape index (κ3) is 4.64. The molecule has 0 radical (unpaired) electrons. The molecule has 3 heterocycles. The van der Waals surface area contributed by atoms with Crippen molar-refractivity contribution in [2.24, 2.45) is 10.9 Å². The minimum Gasteiger partial charge on any atom is -0.480 e. The molecule has 1 fully saturated rings. The van der Waals surface area contributed by atoms with E-state index in [1.165, 1.54) is 0 Å². The number of carbonyl (C=O) groups excluding carboxylic acids is 1. The second-order valence-corrected chi connectivity index (χ2v) is 7.86. The molecule has 32 heavy (non-hydrogen) atoms. The largest absolute Gasteiger partial charge is 0.480 e. The third-order valence-electron chi connectivity index (χ3n) is 5.58. The van der Waals surface area contributed by atoms with E-state index < -0.39 is 12.0 Å². The molecule has 3 aromatic rings. The normalized spacial score (nSPS) is 18.2. The maximum absolute atomic E-state index is 12.0. The number of nitrogens with zero attached hydrogens (tertiary/aromatic N) is 4. The molecule has 3 aromatic heterocycles. The molecule has 2 atom stereocenters. The summed E-state index contributed by atoms with van der Waals surface area (Å²) in [7, 11) is 0. The summed E-state index contributed by atoms with van der Waals surface area (Å²) in [5.41, 5.74) is 2.09. The van der Waals surface area contributed by atoms with E-state index in [0.717, 1.165) is 16.5 Å². The number of ketones is 1. The fourth-order valence-electron chi connectivity index (χ4n) is 3.96. The van der Waals surface area contributed by atoms with E-state index in [-0.39, 0.29) is 18.1 Å². The lowest BCUT2D eigenvalue weighted by molar-refractivity contribution is -0.138. The minimum atomic E-state index is -1.03. The van der Waals surface area contributed by atoms with E-state index in [1.807, 2.05) is 26.0 Å². The number of carboxylic acids is 1. The number of Topliss-reactive ketones (excluding diaryl/α,β-unsaturated/α-hetero) is 1. The zero-order chi connectivity index (χ0) is 22.7. The van der Waals surface area contributed by atoms with Crippen molar-refractivity contribution in [2.45, 2.75) is 45.6 Å². The number of aromatic nitrogens is 3. The van der Waals surface area contributed by atoms with Crippen LogP contribution in [0.25, 0.3) is 10.8 Å². The summed E-state index contributed by atoms with van der Waals surface area (Å²) in [6.45, 7) is 3.81. The van der Waals surface area contributed by atoms with Crippen molar-refractivity contribution in [3.05, 3.63) is 54.2 Å². The SMILES string of the molecule is CCC1C(=O)CCC1=NC(Cc1ccc(Oc2nc(C)cc3ccncc23)cn1)C(=O)O. The highest BCUT2D eigenvalue weighted by Gasteiger charge is 2.31. The lowest BCUT2D eigenvalue weighted by atomic mass is 10.0. The number of pyridine rings is 3. The van der Waals surface area contributed by atoms with Gasteiger partial charge >= 0.3 is 5.97 Å². The summed E-state index contributed by atoms with van der Waals surface area (Å²) in [4.78, 5) is 41.1. The highest BCUT2D eigenvalue weighted by Crippen LogP contribution is 2.28. The quantitative estimate of drug-likeness (QED) is 0.601. The van der Waals surface area contributed by atoms with E-state index in [1.54, 1.807) is 30.7 Å². The van der Waals surface area contributed by atoms with Crippen molar-refractivity contribution < 1.29 is 19.4 Å². The fraction of sp³-hybridized carbons (Fsp3) is 0.333. The molecule has 1 aliphatic carbocycles. The van der Waals surface area contributed by atoms with Crippen LogP contribution in [0, 0.1) is 12.8 Å². The van der Waals surface area contributed by atoms with E-state index >= 15 is 0 Å². The Bertz CT molecular complexity index is 1190.